The molecule has 0 aliphatic rings. The zero-order valence-electron chi connectivity index (χ0n) is 8.12. The van der Waals surface area contributed by atoms with Gasteiger partial charge in [0.25, 0.3) is 0 Å². The predicted molar refractivity (Wildman–Crippen MR) is 57.9 cm³/mol. The molecule has 3 nitrogen and oxygen atoms in total. The van der Waals surface area contributed by atoms with Gasteiger partial charge >= 0.3 is 0 Å². The zero-order valence-corrected chi connectivity index (χ0v) is 9.71. The number of benzene rings is 1. The molecule has 4 heteroatoms. The van der Waals surface area contributed by atoms with E-state index in [9.17, 15) is 5.11 Å². The number of rotatable bonds is 3. The molecule has 0 bridgehead atoms. The maximum Gasteiger partial charge on any atom is 0.133 e. The summed E-state index contributed by atoms with van der Waals surface area (Å²) in [5.41, 5.74) is 0.688. The summed E-state index contributed by atoms with van der Waals surface area (Å²) in [4.78, 5) is 0. The minimum atomic E-state index is -0.100. The van der Waals surface area contributed by atoms with Crippen LogP contribution in [0.5, 0.6) is 11.5 Å². The molecule has 2 N–H and O–H groups in total. The highest BCUT2D eigenvalue weighted by Gasteiger charge is 2.13. The van der Waals surface area contributed by atoms with Crippen LogP contribution in [0.3, 0.4) is 0 Å². The fourth-order valence-corrected chi connectivity index (χ4v) is 1.70. The van der Waals surface area contributed by atoms with E-state index in [4.69, 9.17) is 9.84 Å². The molecule has 1 aromatic carbocycles. The second kappa shape index (κ2) is 4.66. The summed E-state index contributed by atoms with van der Waals surface area (Å²) >= 11 is 3.26. The molecule has 1 atom stereocenters. The summed E-state index contributed by atoms with van der Waals surface area (Å²) in [5, 5.41) is 18.6. The molecule has 0 saturated heterocycles. The quantitative estimate of drug-likeness (QED) is 0.877. The Bertz CT molecular complexity index is 325. The smallest absolute Gasteiger partial charge is 0.133 e. The van der Waals surface area contributed by atoms with E-state index in [0.717, 1.165) is 0 Å². The zero-order chi connectivity index (χ0) is 10.7. The summed E-state index contributed by atoms with van der Waals surface area (Å²) in [5.74, 6) is 0.717. The van der Waals surface area contributed by atoms with Crippen LogP contribution in [-0.4, -0.2) is 23.9 Å². The van der Waals surface area contributed by atoms with Crippen molar-refractivity contribution in [2.75, 3.05) is 13.7 Å². The molecule has 0 spiro atoms. The first-order valence-electron chi connectivity index (χ1n) is 4.27. The minimum absolute atomic E-state index is 0.00164. The largest absolute Gasteiger partial charge is 0.508 e. The Kier molecular flexibility index (Phi) is 3.77. The summed E-state index contributed by atoms with van der Waals surface area (Å²) in [6, 6.07) is 3.29. The van der Waals surface area contributed by atoms with E-state index in [1.807, 2.05) is 6.92 Å². The molecule has 14 heavy (non-hydrogen) atoms. The van der Waals surface area contributed by atoms with E-state index in [1.165, 1.54) is 0 Å². The van der Waals surface area contributed by atoms with Gasteiger partial charge in [-0.1, -0.05) is 6.92 Å². The molecular formula is C10H13BrO3. The molecule has 0 aliphatic carbocycles. The third-order valence-corrected chi connectivity index (χ3v) is 2.73. The van der Waals surface area contributed by atoms with Crippen LogP contribution in [0.1, 0.15) is 18.4 Å². The van der Waals surface area contributed by atoms with Gasteiger partial charge in [-0.05, 0) is 28.1 Å². The standard InChI is InChI=1S/C10H13BrO3/c1-6(5-12)7-3-10(14-2)8(11)4-9(7)13/h3-4,6,12-13H,5H2,1-2H3. The summed E-state index contributed by atoms with van der Waals surface area (Å²) in [6.07, 6.45) is 0. The third kappa shape index (κ3) is 2.19. The highest BCUT2D eigenvalue weighted by molar-refractivity contribution is 9.10. The lowest BCUT2D eigenvalue weighted by atomic mass is 10.0. The van der Waals surface area contributed by atoms with Crippen molar-refractivity contribution in [2.45, 2.75) is 12.8 Å². The Morgan fingerprint density at radius 1 is 1.50 bits per heavy atom. The number of ether oxygens (including phenoxy) is 1. The minimum Gasteiger partial charge on any atom is -0.508 e. The molecule has 1 aromatic rings. The highest BCUT2D eigenvalue weighted by atomic mass is 79.9. The molecule has 0 aliphatic heterocycles. The Morgan fingerprint density at radius 3 is 2.64 bits per heavy atom. The second-order valence-electron chi connectivity index (χ2n) is 3.13. The number of halogens is 1. The van der Waals surface area contributed by atoms with Crippen LogP contribution in [0.15, 0.2) is 16.6 Å². The fraction of sp³-hybridized carbons (Fsp3) is 0.400. The topological polar surface area (TPSA) is 49.7 Å². The number of methoxy groups -OCH3 is 1. The second-order valence-corrected chi connectivity index (χ2v) is 3.98. The first-order chi connectivity index (χ1) is 6.60. The van der Waals surface area contributed by atoms with Crippen LogP contribution in [0.25, 0.3) is 0 Å². The summed E-state index contributed by atoms with van der Waals surface area (Å²) in [7, 11) is 1.56. The van der Waals surface area contributed by atoms with Crippen LogP contribution in [0, 0.1) is 0 Å². The fourth-order valence-electron chi connectivity index (χ4n) is 1.21. The Balaban J connectivity index is 3.17. The monoisotopic (exact) mass is 260 g/mol. The van der Waals surface area contributed by atoms with Gasteiger partial charge in [-0.2, -0.15) is 0 Å². The first-order valence-corrected chi connectivity index (χ1v) is 5.06. The van der Waals surface area contributed by atoms with Crippen molar-refractivity contribution in [1.29, 1.82) is 0 Å². The number of hydrogen-bond acceptors (Lipinski definition) is 3. The average molecular weight is 261 g/mol. The van der Waals surface area contributed by atoms with Gasteiger partial charge in [0, 0.05) is 18.1 Å². The molecule has 0 radical (unpaired) electrons. The number of aliphatic hydroxyl groups is 1. The molecule has 78 valence electrons. The van der Waals surface area contributed by atoms with Crippen molar-refractivity contribution in [3.63, 3.8) is 0 Å². The van der Waals surface area contributed by atoms with Crippen molar-refractivity contribution in [2.24, 2.45) is 0 Å². The number of phenolic OH excluding ortho intramolecular Hbond substituents is 1. The number of aliphatic hydroxyl groups excluding tert-OH is 1. The van der Waals surface area contributed by atoms with Gasteiger partial charge in [-0.3, -0.25) is 0 Å². The maximum atomic E-state index is 9.62. The Hall–Kier alpha value is -0.740. The summed E-state index contributed by atoms with van der Waals surface area (Å²) < 4.78 is 5.80. The van der Waals surface area contributed by atoms with E-state index in [0.29, 0.717) is 15.8 Å². The SMILES string of the molecule is COc1cc(C(C)CO)c(O)cc1Br. The molecular weight excluding hydrogens is 248 g/mol. The first kappa shape index (κ1) is 11.3. The van der Waals surface area contributed by atoms with Crippen molar-refractivity contribution in [3.05, 3.63) is 22.2 Å². The van der Waals surface area contributed by atoms with Gasteiger partial charge in [-0.15, -0.1) is 0 Å². The van der Waals surface area contributed by atoms with Crippen LogP contribution in [-0.2, 0) is 0 Å². The van der Waals surface area contributed by atoms with Crippen LogP contribution >= 0.6 is 15.9 Å². The Labute approximate surface area is 91.5 Å². The van der Waals surface area contributed by atoms with Crippen LogP contribution in [0.4, 0.5) is 0 Å². The molecule has 0 aromatic heterocycles. The van der Waals surface area contributed by atoms with E-state index in [2.05, 4.69) is 15.9 Å². The molecule has 1 rings (SSSR count). The van der Waals surface area contributed by atoms with Crippen LogP contribution < -0.4 is 4.74 Å². The van der Waals surface area contributed by atoms with Crippen molar-refractivity contribution in [3.8, 4) is 11.5 Å². The van der Waals surface area contributed by atoms with Gasteiger partial charge in [0.2, 0.25) is 0 Å². The lowest BCUT2D eigenvalue weighted by molar-refractivity contribution is 0.270. The van der Waals surface area contributed by atoms with Gasteiger partial charge < -0.3 is 14.9 Å². The van der Waals surface area contributed by atoms with Crippen molar-refractivity contribution in [1.82, 2.24) is 0 Å². The average Bonchev–Trinajstić information content (AvgIpc) is 2.17. The van der Waals surface area contributed by atoms with Gasteiger partial charge in [0.15, 0.2) is 0 Å². The third-order valence-electron chi connectivity index (χ3n) is 2.11. The van der Waals surface area contributed by atoms with E-state index in [1.54, 1.807) is 19.2 Å². The highest BCUT2D eigenvalue weighted by Crippen LogP contribution is 2.35. The summed E-state index contributed by atoms with van der Waals surface area (Å²) in [6.45, 7) is 1.83. The lowest BCUT2D eigenvalue weighted by Crippen LogP contribution is -2.00. The predicted octanol–water partition coefficient (Wildman–Crippen LogP) is 2.26. The maximum absolute atomic E-state index is 9.62. The van der Waals surface area contributed by atoms with Crippen molar-refractivity contribution < 1.29 is 14.9 Å². The Morgan fingerprint density at radius 2 is 2.14 bits per heavy atom. The van der Waals surface area contributed by atoms with Gasteiger partial charge in [0.05, 0.1) is 11.6 Å². The molecule has 0 amide bonds. The molecule has 1 unspecified atom stereocenters. The lowest BCUT2D eigenvalue weighted by Gasteiger charge is -2.13. The molecule has 0 heterocycles. The van der Waals surface area contributed by atoms with Gasteiger partial charge in [0.1, 0.15) is 11.5 Å². The van der Waals surface area contributed by atoms with E-state index < -0.39 is 0 Å². The number of hydrogen-bond donors (Lipinski definition) is 2. The van der Waals surface area contributed by atoms with E-state index in [-0.39, 0.29) is 18.3 Å². The number of aromatic hydroxyl groups is 1. The van der Waals surface area contributed by atoms with E-state index >= 15 is 0 Å². The molecule has 0 saturated carbocycles. The van der Waals surface area contributed by atoms with Crippen LogP contribution in [0.2, 0.25) is 0 Å². The number of phenols is 1. The van der Waals surface area contributed by atoms with Crippen molar-refractivity contribution >= 4 is 15.9 Å². The normalized spacial score (nSPS) is 12.6. The van der Waals surface area contributed by atoms with Gasteiger partial charge in [-0.25, -0.2) is 0 Å². The molecule has 0 fully saturated rings.